The van der Waals surface area contributed by atoms with Crippen LogP contribution in [0.1, 0.15) is 13.3 Å². The number of para-hydroxylation sites is 2. The quantitative estimate of drug-likeness (QED) is 0.697. The Kier molecular flexibility index (Phi) is 2.44. The first-order chi connectivity index (χ1) is 6.75. The molecule has 74 valence electrons. The molecule has 0 radical (unpaired) electrons. The largest absolute Gasteiger partial charge is 0.381 e. The van der Waals surface area contributed by atoms with Gasteiger partial charge in [-0.15, -0.1) is 6.58 Å². The first-order valence-corrected chi connectivity index (χ1v) is 4.99. The molecule has 14 heavy (non-hydrogen) atoms. The standard InChI is InChI=1S/C12H16N2/c1-9(2)7-10-8-13-11-5-3-4-6-12(11)14-10/h3-6,10,13-14H,1,7-8H2,2H3/t10-/m1/s1. The number of hydrogen-bond acceptors (Lipinski definition) is 2. The summed E-state index contributed by atoms with van der Waals surface area (Å²) in [5, 5.41) is 6.92. The van der Waals surface area contributed by atoms with Gasteiger partial charge in [0.2, 0.25) is 0 Å². The summed E-state index contributed by atoms with van der Waals surface area (Å²) in [6.45, 7) is 6.99. The third-order valence-corrected chi connectivity index (χ3v) is 2.42. The number of nitrogens with one attached hydrogen (secondary N) is 2. The summed E-state index contributed by atoms with van der Waals surface area (Å²) in [5.41, 5.74) is 3.62. The lowest BCUT2D eigenvalue weighted by Gasteiger charge is -2.28. The van der Waals surface area contributed by atoms with Crippen LogP contribution in [0.3, 0.4) is 0 Å². The van der Waals surface area contributed by atoms with E-state index in [0.29, 0.717) is 6.04 Å². The summed E-state index contributed by atoms with van der Waals surface area (Å²) in [7, 11) is 0. The molecule has 2 nitrogen and oxygen atoms in total. The highest BCUT2D eigenvalue weighted by molar-refractivity contribution is 5.71. The normalized spacial score (nSPS) is 19.1. The SMILES string of the molecule is C=C(C)C[C@@H]1CNc2ccccc2N1. The maximum Gasteiger partial charge on any atom is 0.0578 e. The Morgan fingerprint density at radius 2 is 2.14 bits per heavy atom. The molecule has 2 rings (SSSR count). The van der Waals surface area contributed by atoms with Gasteiger partial charge >= 0.3 is 0 Å². The predicted octanol–water partition coefficient (Wildman–Crippen LogP) is 2.86. The number of rotatable bonds is 2. The minimum absolute atomic E-state index is 0.474. The third kappa shape index (κ3) is 1.90. The van der Waals surface area contributed by atoms with Crippen molar-refractivity contribution in [3.05, 3.63) is 36.4 Å². The molecule has 0 spiro atoms. The van der Waals surface area contributed by atoms with Crippen molar-refractivity contribution in [3.8, 4) is 0 Å². The first kappa shape index (κ1) is 9.13. The van der Waals surface area contributed by atoms with Crippen LogP contribution in [-0.2, 0) is 0 Å². The van der Waals surface area contributed by atoms with Gasteiger partial charge in [-0.25, -0.2) is 0 Å². The fourth-order valence-corrected chi connectivity index (χ4v) is 1.81. The predicted molar refractivity (Wildman–Crippen MR) is 61.8 cm³/mol. The topological polar surface area (TPSA) is 24.1 Å². The summed E-state index contributed by atoms with van der Waals surface area (Å²) >= 11 is 0. The molecule has 0 unspecified atom stereocenters. The zero-order valence-corrected chi connectivity index (χ0v) is 8.51. The van der Waals surface area contributed by atoms with E-state index in [2.05, 4.69) is 42.3 Å². The Labute approximate surface area is 85.0 Å². The van der Waals surface area contributed by atoms with Crippen LogP contribution in [0.15, 0.2) is 36.4 Å². The van der Waals surface area contributed by atoms with Gasteiger partial charge in [-0.1, -0.05) is 17.7 Å². The van der Waals surface area contributed by atoms with Gasteiger partial charge in [0, 0.05) is 12.6 Å². The molecule has 1 aliphatic rings. The molecule has 0 saturated carbocycles. The molecule has 0 aromatic heterocycles. The second-order valence-electron chi connectivity index (χ2n) is 3.93. The number of fused-ring (bicyclic) bond motifs is 1. The minimum atomic E-state index is 0.474. The van der Waals surface area contributed by atoms with E-state index in [4.69, 9.17) is 0 Å². The Balaban J connectivity index is 2.09. The Bertz CT molecular complexity index is 344. The summed E-state index contributed by atoms with van der Waals surface area (Å²) in [6, 6.07) is 8.78. The molecule has 0 bridgehead atoms. The highest BCUT2D eigenvalue weighted by Gasteiger charge is 2.15. The van der Waals surface area contributed by atoms with Crippen molar-refractivity contribution < 1.29 is 0 Å². The molecular formula is C12H16N2. The fraction of sp³-hybridized carbons (Fsp3) is 0.333. The first-order valence-electron chi connectivity index (χ1n) is 4.99. The van der Waals surface area contributed by atoms with E-state index in [1.807, 2.05) is 6.07 Å². The van der Waals surface area contributed by atoms with Crippen molar-refractivity contribution in [1.82, 2.24) is 0 Å². The maximum atomic E-state index is 3.94. The molecule has 2 heteroatoms. The van der Waals surface area contributed by atoms with E-state index in [9.17, 15) is 0 Å². The van der Waals surface area contributed by atoms with Gasteiger partial charge in [-0.05, 0) is 25.5 Å². The Morgan fingerprint density at radius 3 is 2.86 bits per heavy atom. The van der Waals surface area contributed by atoms with Crippen LogP contribution in [0, 0.1) is 0 Å². The molecule has 1 aromatic carbocycles. The highest BCUT2D eigenvalue weighted by atomic mass is 15.1. The zero-order chi connectivity index (χ0) is 9.97. The number of benzene rings is 1. The van der Waals surface area contributed by atoms with E-state index in [0.717, 1.165) is 13.0 Å². The van der Waals surface area contributed by atoms with Crippen molar-refractivity contribution in [1.29, 1.82) is 0 Å². The van der Waals surface area contributed by atoms with E-state index >= 15 is 0 Å². The van der Waals surface area contributed by atoms with Crippen LogP contribution in [-0.4, -0.2) is 12.6 Å². The fourth-order valence-electron chi connectivity index (χ4n) is 1.81. The average Bonchev–Trinajstić information content (AvgIpc) is 2.17. The smallest absolute Gasteiger partial charge is 0.0578 e. The van der Waals surface area contributed by atoms with E-state index in [-0.39, 0.29) is 0 Å². The van der Waals surface area contributed by atoms with Crippen molar-refractivity contribution in [2.45, 2.75) is 19.4 Å². The number of hydrogen-bond donors (Lipinski definition) is 2. The minimum Gasteiger partial charge on any atom is -0.381 e. The van der Waals surface area contributed by atoms with Crippen LogP contribution in [0.4, 0.5) is 11.4 Å². The van der Waals surface area contributed by atoms with Crippen LogP contribution >= 0.6 is 0 Å². The molecule has 0 aliphatic carbocycles. The van der Waals surface area contributed by atoms with Crippen molar-refractivity contribution in [3.63, 3.8) is 0 Å². The van der Waals surface area contributed by atoms with Gasteiger partial charge in [-0.3, -0.25) is 0 Å². The van der Waals surface area contributed by atoms with Gasteiger partial charge < -0.3 is 10.6 Å². The van der Waals surface area contributed by atoms with Crippen molar-refractivity contribution in [2.75, 3.05) is 17.2 Å². The molecule has 2 N–H and O–H groups in total. The molecular weight excluding hydrogens is 172 g/mol. The van der Waals surface area contributed by atoms with Gasteiger partial charge in [0.1, 0.15) is 0 Å². The summed E-state index contributed by atoms with van der Waals surface area (Å²) in [5.74, 6) is 0. The molecule has 0 fully saturated rings. The van der Waals surface area contributed by atoms with E-state index < -0.39 is 0 Å². The molecule has 1 aromatic rings. The third-order valence-electron chi connectivity index (χ3n) is 2.42. The summed E-state index contributed by atoms with van der Waals surface area (Å²) in [6.07, 6.45) is 1.03. The van der Waals surface area contributed by atoms with E-state index in [1.54, 1.807) is 0 Å². The maximum absolute atomic E-state index is 3.94. The lowest BCUT2D eigenvalue weighted by molar-refractivity contribution is 0.730. The van der Waals surface area contributed by atoms with Crippen LogP contribution in [0.25, 0.3) is 0 Å². The zero-order valence-electron chi connectivity index (χ0n) is 8.51. The lowest BCUT2D eigenvalue weighted by Crippen LogP contribution is -2.32. The molecule has 0 saturated heterocycles. The molecule has 1 atom stereocenters. The van der Waals surface area contributed by atoms with Crippen LogP contribution in [0.5, 0.6) is 0 Å². The lowest BCUT2D eigenvalue weighted by atomic mass is 10.1. The Morgan fingerprint density at radius 1 is 1.43 bits per heavy atom. The average molecular weight is 188 g/mol. The second kappa shape index (κ2) is 3.74. The highest BCUT2D eigenvalue weighted by Crippen LogP contribution is 2.26. The Hall–Kier alpha value is -1.44. The van der Waals surface area contributed by atoms with Crippen molar-refractivity contribution in [2.24, 2.45) is 0 Å². The molecule has 1 aliphatic heterocycles. The monoisotopic (exact) mass is 188 g/mol. The van der Waals surface area contributed by atoms with Crippen LogP contribution < -0.4 is 10.6 Å². The summed E-state index contributed by atoms with van der Waals surface area (Å²) < 4.78 is 0. The van der Waals surface area contributed by atoms with Gasteiger partial charge in [0.25, 0.3) is 0 Å². The van der Waals surface area contributed by atoms with Gasteiger partial charge in [0.05, 0.1) is 11.4 Å². The van der Waals surface area contributed by atoms with Crippen molar-refractivity contribution >= 4 is 11.4 Å². The van der Waals surface area contributed by atoms with Gasteiger partial charge in [0.15, 0.2) is 0 Å². The second-order valence-corrected chi connectivity index (χ2v) is 3.93. The molecule has 0 amide bonds. The summed E-state index contributed by atoms with van der Waals surface area (Å²) in [4.78, 5) is 0. The van der Waals surface area contributed by atoms with E-state index in [1.165, 1.54) is 16.9 Å². The number of anilines is 2. The molecule has 1 heterocycles. The van der Waals surface area contributed by atoms with Gasteiger partial charge in [-0.2, -0.15) is 0 Å². The van der Waals surface area contributed by atoms with Crippen LogP contribution in [0.2, 0.25) is 0 Å².